The molecule has 0 unspecified atom stereocenters. The van der Waals surface area contributed by atoms with Gasteiger partial charge in [-0.3, -0.25) is 24.1 Å². The molecule has 0 aromatic heterocycles. The Bertz CT molecular complexity index is 945. The lowest BCUT2D eigenvalue weighted by atomic mass is 9.89. The summed E-state index contributed by atoms with van der Waals surface area (Å²) in [6.45, 7) is 14.0. The smallest absolute Gasteiger partial charge is 0.412 e. The summed E-state index contributed by atoms with van der Waals surface area (Å²) in [5.41, 5.74) is -1.54. The number of nitrogens with zero attached hydrogens (tertiary/aromatic N) is 1. The molecule has 2 aliphatic rings. The van der Waals surface area contributed by atoms with E-state index in [1.54, 1.807) is 39.5 Å². The monoisotopic (exact) mass is 572 g/mol. The van der Waals surface area contributed by atoms with Crippen LogP contribution in [0.1, 0.15) is 81.6 Å². The van der Waals surface area contributed by atoms with Gasteiger partial charge in [0, 0.05) is 27.7 Å². The van der Waals surface area contributed by atoms with E-state index in [0.29, 0.717) is 25.9 Å². The van der Waals surface area contributed by atoms with Gasteiger partial charge in [-0.2, -0.15) is 0 Å². The summed E-state index contributed by atoms with van der Waals surface area (Å²) in [6, 6.07) is -1.14. The number of hydrogen-bond acceptors (Lipinski definition) is 11. The first-order valence-corrected chi connectivity index (χ1v) is 13.5. The molecule has 0 saturated carbocycles. The lowest BCUT2D eigenvalue weighted by Crippen LogP contribution is -2.66. The van der Waals surface area contributed by atoms with Crippen LogP contribution in [0.4, 0.5) is 4.79 Å². The van der Waals surface area contributed by atoms with Crippen LogP contribution in [0.2, 0.25) is 0 Å². The molecule has 2 saturated heterocycles. The maximum absolute atomic E-state index is 13.0. The summed E-state index contributed by atoms with van der Waals surface area (Å²) in [5.74, 6) is -2.29. The number of esters is 3. The van der Waals surface area contributed by atoms with Crippen molar-refractivity contribution in [3.8, 4) is 0 Å². The van der Waals surface area contributed by atoms with Crippen LogP contribution in [0.15, 0.2) is 0 Å². The predicted octanol–water partition coefficient (Wildman–Crippen LogP) is 2.23. The Morgan fingerprint density at radius 2 is 1.50 bits per heavy atom. The number of carbonyl (C=O) groups excluding carboxylic acids is 5. The van der Waals surface area contributed by atoms with E-state index in [4.69, 9.17) is 28.4 Å². The Kier molecular flexibility index (Phi) is 11.3. The van der Waals surface area contributed by atoms with Crippen molar-refractivity contribution >= 4 is 29.9 Å². The maximum Gasteiger partial charge on any atom is 0.412 e. The zero-order valence-corrected chi connectivity index (χ0v) is 24.9. The van der Waals surface area contributed by atoms with Crippen molar-refractivity contribution in [2.75, 3.05) is 13.2 Å². The van der Waals surface area contributed by atoms with Gasteiger partial charge in [0.15, 0.2) is 12.2 Å². The fraction of sp³-hybridized carbons (Fsp3) is 0.815. The van der Waals surface area contributed by atoms with E-state index in [0.717, 1.165) is 0 Å². The van der Waals surface area contributed by atoms with Crippen molar-refractivity contribution in [2.45, 2.75) is 129 Å². The molecule has 2 rings (SSSR count). The van der Waals surface area contributed by atoms with Crippen molar-refractivity contribution in [3.63, 3.8) is 0 Å². The van der Waals surface area contributed by atoms with Crippen LogP contribution in [0, 0.1) is 0 Å². The van der Waals surface area contributed by atoms with E-state index in [9.17, 15) is 24.0 Å². The third-order valence-electron chi connectivity index (χ3n) is 6.41. The summed E-state index contributed by atoms with van der Waals surface area (Å²) in [5, 5.41) is 2.77. The van der Waals surface area contributed by atoms with Crippen LogP contribution in [0.25, 0.3) is 0 Å². The van der Waals surface area contributed by atoms with E-state index in [1.165, 1.54) is 27.7 Å². The Balaban J connectivity index is 2.27. The average Bonchev–Trinajstić information content (AvgIpc) is 3.08. The molecule has 0 aromatic carbocycles. The largest absolute Gasteiger partial charge is 0.463 e. The molecular weight excluding hydrogens is 528 g/mol. The predicted molar refractivity (Wildman–Crippen MR) is 140 cm³/mol. The summed E-state index contributed by atoms with van der Waals surface area (Å²) >= 11 is 0. The minimum absolute atomic E-state index is 0.259. The van der Waals surface area contributed by atoms with E-state index in [-0.39, 0.29) is 12.6 Å². The summed E-state index contributed by atoms with van der Waals surface area (Å²) in [4.78, 5) is 62.2. The molecule has 2 aliphatic heterocycles. The van der Waals surface area contributed by atoms with Crippen molar-refractivity contribution in [1.29, 1.82) is 0 Å². The van der Waals surface area contributed by atoms with Gasteiger partial charge in [0.2, 0.25) is 5.91 Å². The molecule has 0 spiro atoms. The first-order chi connectivity index (χ1) is 18.4. The van der Waals surface area contributed by atoms with Gasteiger partial charge in [-0.1, -0.05) is 0 Å². The lowest BCUT2D eigenvalue weighted by Gasteiger charge is -2.45. The Hall–Kier alpha value is -2.93. The van der Waals surface area contributed by atoms with E-state index >= 15 is 0 Å². The van der Waals surface area contributed by atoms with Crippen LogP contribution in [-0.4, -0.2) is 95.8 Å². The standard InChI is InChI=1S/C27H44N2O11/c1-15(30)28-22-20(12-10-11-19-13-36-27(8,9)29(19)25(34)40-26(5,6)7)39-21(14-35-16(2)31)23(37-17(3)32)24(22)38-18(4)33/h19-24H,10-14H2,1-9H3,(H,28,30)/t19-,20-,21+,22-,23+,24+/m0/s1. The molecule has 1 N–H and O–H groups in total. The average molecular weight is 573 g/mol. The molecule has 2 heterocycles. The maximum atomic E-state index is 13.0. The minimum atomic E-state index is -1.14. The number of rotatable bonds is 9. The number of amides is 2. The van der Waals surface area contributed by atoms with Crippen LogP contribution in [0.3, 0.4) is 0 Å². The van der Waals surface area contributed by atoms with Gasteiger partial charge in [-0.05, 0) is 53.9 Å². The fourth-order valence-electron chi connectivity index (χ4n) is 5.00. The first kappa shape index (κ1) is 33.3. The molecule has 0 bridgehead atoms. The van der Waals surface area contributed by atoms with Crippen LogP contribution >= 0.6 is 0 Å². The third-order valence-corrected chi connectivity index (χ3v) is 6.41. The highest BCUT2D eigenvalue weighted by molar-refractivity contribution is 5.74. The molecule has 2 fully saturated rings. The number of ether oxygens (including phenoxy) is 6. The molecule has 13 nitrogen and oxygen atoms in total. The van der Waals surface area contributed by atoms with Gasteiger partial charge in [-0.25, -0.2) is 4.79 Å². The molecule has 0 aliphatic carbocycles. The molecular formula is C27H44N2O11. The molecule has 40 heavy (non-hydrogen) atoms. The van der Waals surface area contributed by atoms with E-state index < -0.39 is 71.7 Å². The SMILES string of the molecule is CC(=O)N[C@@H]1[C@@H](OC(C)=O)[C@H](OC(C)=O)[C@@H](COC(C)=O)O[C@H]1CCC[C@H]1COC(C)(C)N1C(=O)OC(C)(C)C. The molecule has 13 heteroatoms. The Morgan fingerprint density at radius 1 is 0.900 bits per heavy atom. The van der Waals surface area contributed by atoms with Crippen molar-refractivity contribution in [3.05, 3.63) is 0 Å². The van der Waals surface area contributed by atoms with Gasteiger partial charge >= 0.3 is 24.0 Å². The molecule has 6 atom stereocenters. The Morgan fingerprint density at radius 3 is 2.02 bits per heavy atom. The highest BCUT2D eigenvalue weighted by Gasteiger charge is 2.51. The lowest BCUT2D eigenvalue weighted by molar-refractivity contribution is -0.224. The van der Waals surface area contributed by atoms with Crippen LogP contribution < -0.4 is 5.32 Å². The van der Waals surface area contributed by atoms with Gasteiger partial charge in [0.25, 0.3) is 0 Å². The highest BCUT2D eigenvalue weighted by Crippen LogP contribution is 2.34. The molecule has 2 amide bonds. The second-order valence-corrected chi connectivity index (χ2v) is 11.6. The topological polar surface area (TPSA) is 156 Å². The molecule has 228 valence electrons. The second-order valence-electron chi connectivity index (χ2n) is 11.6. The van der Waals surface area contributed by atoms with Crippen LogP contribution in [-0.2, 0) is 47.6 Å². The molecule has 0 aromatic rings. The Labute approximate surface area is 235 Å². The number of carbonyl (C=O) groups is 5. The zero-order valence-electron chi connectivity index (χ0n) is 24.9. The second kappa shape index (κ2) is 13.6. The fourth-order valence-corrected chi connectivity index (χ4v) is 5.00. The number of nitrogens with one attached hydrogen (secondary N) is 1. The van der Waals surface area contributed by atoms with Crippen molar-refractivity contribution in [1.82, 2.24) is 10.2 Å². The zero-order chi connectivity index (χ0) is 30.4. The highest BCUT2D eigenvalue weighted by atomic mass is 16.6. The summed E-state index contributed by atoms with van der Waals surface area (Å²) in [6.07, 6.45) is -2.97. The van der Waals surface area contributed by atoms with Crippen LogP contribution in [0.5, 0.6) is 0 Å². The third kappa shape index (κ3) is 9.61. The van der Waals surface area contributed by atoms with Crippen molar-refractivity contribution in [2.24, 2.45) is 0 Å². The van der Waals surface area contributed by atoms with Gasteiger partial charge < -0.3 is 33.7 Å². The quantitative estimate of drug-likeness (QED) is 0.319. The van der Waals surface area contributed by atoms with Gasteiger partial charge in [0.05, 0.1) is 24.8 Å². The van der Waals surface area contributed by atoms with Gasteiger partial charge in [-0.15, -0.1) is 0 Å². The minimum Gasteiger partial charge on any atom is -0.463 e. The van der Waals surface area contributed by atoms with Crippen molar-refractivity contribution < 1.29 is 52.4 Å². The summed E-state index contributed by atoms with van der Waals surface area (Å²) < 4.78 is 33.8. The van der Waals surface area contributed by atoms with E-state index in [1.807, 2.05) is 0 Å². The number of hydrogen-bond donors (Lipinski definition) is 1. The normalized spacial score (nSPS) is 27.9. The summed E-state index contributed by atoms with van der Waals surface area (Å²) in [7, 11) is 0. The van der Waals surface area contributed by atoms with Gasteiger partial charge in [0.1, 0.15) is 24.0 Å². The molecule has 0 radical (unpaired) electrons. The first-order valence-electron chi connectivity index (χ1n) is 13.5. The van der Waals surface area contributed by atoms with E-state index in [2.05, 4.69) is 5.32 Å².